The summed E-state index contributed by atoms with van der Waals surface area (Å²) in [5.41, 5.74) is 7.80. The van der Waals surface area contributed by atoms with Gasteiger partial charge in [0.1, 0.15) is 11.6 Å². The van der Waals surface area contributed by atoms with Crippen LogP contribution in [0.25, 0.3) is 11.0 Å². The van der Waals surface area contributed by atoms with Crippen LogP contribution in [-0.4, -0.2) is 19.5 Å². The Morgan fingerprint density at radius 3 is 2.90 bits per heavy atom. The fourth-order valence-corrected chi connectivity index (χ4v) is 2.22. The number of hydrogen-bond donors (Lipinski definition) is 1. The minimum atomic E-state index is -0.501. The minimum absolute atomic E-state index is 0.0278. The summed E-state index contributed by atoms with van der Waals surface area (Å²) in [6.07, 6.45) is 1.67. The van der Waals surface area contributed by atoms with E-state index in [0.29, 0.717) is 23.4 Å². The predicted octanol–water partition coefficient (Wildman–Crippen LogP) is 2.56. The number of rotatable bonds is 2. The van der Waals surface area contributed by atoms with Crippen LogP contribution in [0.2, 0.25) is 5.02 Å². The van der Waals surface area contributed by atoms with Crippen molar-refractivity contribution < 1.29 is 4.39 Å². The van der Waals surface area contributed by atoms with Gasteiger partial charge in [-0.3, -0.25) is 0 Å². The molecule has 0 fully saturated rings. The van der Waals surface area contributed by atoms with E-state index >= 15 is 0 Å². The minimum Gasteiger partial charge on any atom is -0.369 e. The van der Waals surface area contributed by atoms with E-state index in [1.807, 2.05) is 0 Å². The summed E-state index contributed by atoms with van der Waals surface area (Å²) in [5, 5.41) is 0.0278. The highest BCUT2D eigenvalue weighted by atomic mass is 35.5. The van der Waals surface area contributed by atoms with Crippen molar-refractivity contribution >= 4 is 28.6 Å². The van der Waals surface area contributed by atoms with Crippen molar-refractivity contribution in [2.45, 2.75) is 13.5 Å². The number of benzene rings is 1. The number of halogens is 2. The highest BCUT2D eigenvalue weighted by molar-refractivity contribution is 6.31. The molecule has 1 aromatic carbocycles. The van der Waals surface area contributed by atoms with Crippen LogP contribution in [0.15, 0.2) is 24.4 Å². The van der Waals surface area contributed by atoms with Crippen molar-refractivity contribution in [1.29, 1.82) is 0 Å². The molecule has 0 saturated heterocycles. The summed E-state index contributed by atoms with van der Waals surface area (Å²) < 4.78 is 15.3. The number of aromatic nitrogens is 4. The van der Waals surface area contributed by atoms with Gasteiger partial charge in [0.2, 0.25) is 5.95 Å². The number of nitrogen functional groups attached to an aromatic ring is 1. The van der Waals surface area contributed by atoms with E-state index in [2.05, 4.69) is 15.0 Å². The zero-order valence-electron chi connectivity index (χ0n) is 10.6. The fraction of sp³-hybridized carbons (Fsp3) is 0.154. The molecule has 102 valence electrons. The highest BCUT2D eigenvalue weighted by Gasteiger charge is 2.12. The third kappa shape index (κ3) is 2.18. The molecule has 3 aromatic rings. The molecule has 0 unspecified atom stereocenters. The van der Waals surface area contributed by atoms with E-state index in [9.17, 15) is 4.39 Å². The average molecular weight is 292 g/mol. The van der Waals surface area contributed by atoms with Crippen LogP contribution in [-0.2, 0) is 6.54 Å². The topological polar surface area (TPSA) is 69.6 Å². The molecule has 0 saturated carbocycles. The van der Waals surface area contributed by atoms with Gasteiger partial charge in [-0.05, 0) is 19.1 Å². The molecule has 0 atom stereocenters. The molecule has 2 heterocycles. The van der Waals surface area contributed by atoms with Crippen molar-refractivity contribution in [3.8, 4) is 0 Å². The van der Waals surface area contributed by atoms with E-state index in [-0.39, 0.29) is 11.0 Å². The molecule has 0 aliphatic rings. The largest absolute Gasteiger partial charge is 0.369 e. The van der Waals surface area contributed by atoms with Gasteiger partial charge >= 0.3 is 0 Å². The Balaban J connectivity index is 2.11. The Labute approximate surface area is 119 Å². The third-order valence-corrected chi connectivity index (χ3v) is 3.26. The van der Waals surface area contributed by atoms with Crippen molar-refractivity contribution in [2.75, 3.05) is 5.73 Å². The zero-order chi connectivity index (χ0) is 14.3. The normalized spacial score (nSPS) is 11.2. The molecule has 2 aromatic heterocycles. The first-order valence-electron chi connectivity index (χ1n) is 5.94. The second-order valence-electron chi connectivity index (χ2n) is 4.41. The molecular formula is C13H11ClFN5. The molecule has 3 rings (SSSR count). The highest BCUT2D eigenvalue weighted by Crippen LogP contribution is 2.25. The third-order valence-electron chi connectivity index (χ3n) is 2.97. The van der Waals surface area contributed by atoms with Gasteiger partial charge in [0, 0.05) is 12.3 Å². The van der Waals surface area contributed by atoms with Gasteiger partial charge in [0.05, 0.1) is 28.3 Å². The zero-order valence-corrected chi connectivity index (χ0v) is 11.4. The van der Waals surface area contributed by atoms with Crippen LogP contribution in [0.4, 0.5) is 10.3 Å². The number of anilines is 1. The van der Waals surface area contributed by atoms with Gasteiger partial charge in [-0.15, -0.1) is 0 Å². The summed E-state index contributed by atoms with van der Waals surface area (Å²) in [6.45, 7) is 2.20. The van der Waals surface area contributed by atoms with Gasteiger partial charge in [-0.2, -0.15) is 0 Å². The molecule has 0 radical (unpaired) electrons. The predicted molar refractivity (Wildman–Crippen MR) is 75.0 cm³/mol. The van der Waals surface area contributed by atoms with E-state index in [1.165, 1.54) is 12.1 Å². The summed E-state index contributed by atoms with van der Waals surface area (Å²) in [4.78, 5) is 12.5. The first-order chi connectivity index (χ1) is 9.54. The van der Waals surface area contributed by atoms with E-state index in [4.69, 9.17) is 17.3 Å². The van der Waals surface area contributed by atoms with Crippen molar-refractivity contribution in [3.63, 3.8) is 0 Å². The standard InChI is InChI=1S/C13H11ClFN5/c1-7-17-3-2-8(18-7)6-20-12-5-10(15)9(14)4-11(12)19-13(20)16/h2-5H,6H2,1H3,(H2,16,19). The molecule has 0 amide bonds. The SMILES string of the molecule is Cc1nccc(Cn2c(N)nc3cc(Cl)c(F)cc32)n1. The number of nitrogens with two attached hydrogens (primary N) is 1. The Morgan fingerprint density at radius 1 is 1.35 bits per heavy atom. The molecule has 0 aliphatic heterocycles. The van der Waals surface area contributed by atoms with Gasteiger partial charge < -0.3 is 10.3 Å². The smallest absolute Gasteiger partial charge is 0.201 e. The van der Waals surface area contributed by atoms with E-state index in [1.54, 1.807) is 23.8 Å². The van der Waals surface area contributed by atoms with Crippen LogP contribution in [0.1, 0.15) is 11.5 Å². The van der Waals surface area contributed by atoms with E-state index < -0.39 is 5.82 Å². The summed E-state index contributed by atoms with van der Waals surface area (Å²) in [6, 6.07) is 4.57. The Morgan fingerprint density at radius 2 is 2.15 bits per heavy atom. The second kappa shape index (κ2) is 4.72. The lowest BCUT2D eigenvalue weighted by Gasteiger charge is -2.06. The van der Waals surface area contributed by atoms with E-state index in [0.717, 1.165) is 5.69 Å². The fourth-order valence-electron chi connectivity index (χ4n) is 2.06. The lowest BCUT2D eigenvalue weighted by molar-refractivity contribution is 0.629. The second-order valence-corrected chi connectivity index (χ2v) is 4.81. The molecule has 5 nitrogen and oxygen atoms in total. The van der Waals surface area contributed by atoms with Crippen molar-refractivity contribution in [1.82, 2.24) is 19.5 Å². The number of aryl methyl sites for hydroxylation is 1. The maximum absolute atomic E-state index is 13.6. The Bertz CT molecular complexity index is 799. The van der Waals surface area contributed by atoms with Crippen LogP contribution >= 0.6 is 11.6 Å². The lowest BCUT2D eigenvalue weighted by atomic mass is 10.3. The van der Waals surface area contributed by atoms with Crippen LogP contribution < -0.4 is 5.73 Å². The Kier molecular flexibility index (Phi) is 3.02. The lowest BCUT2D eigenvalue weighted by Crippen LogP contribution is -2.07. The molecule has 0 bridgehead atoms. The number of nitrogens with zero attached hydrogens (tertiary/aromatic N) is 4. The molecule has 0 aliphatic carbocycles. The molecule has 2 N–H and O–H groups in total. The maximum atomic E-state index is 13.6. The summed E-state index contributed by atoms with van der Waals surface area (Å²) in [7, 11) is 0. The summed E-state index contributed by atoms with van der Waals surface area (Å²) >= 11 is 5.74. The monoisotopic (exact) mass is 291 g/mol. The number of imidazole rings is 1. The summed E-state index contributed by atoms with van der Waals surface area (Å²) in [5.74, 6) is 0.455. The molecule has 0 spiro atoms. The van der Waals surface area contributed by atoms with Crippen molar-refractivity contribution in [2.24, 2.45) is 0 Å². The van der Waals surface area contributed by atoms with Crippen LogP contribution in [0.3, 0.4) is 0 Å². The first-order valence-corrected chi connectivity index (χ1v) is 6.31. The van der Waals surface area contributed by atoms with Crippen molar-refractivity contribution in [3.05, 3.63) is 46.8 Å². The maximum Gasteiger partial charge on any atom is 0.201 e. The van der Waals surface area contributed by atoms with Crippen LogP contribution in [0.5, 0.6) is 0 Å². The number of fused-ring (bicyclic) bond motifs is 1. The Hall–Kier alpha value is -2.21. The van der Waals surface area contributed by atoms with Gasteiger partial charge in [0.25, 0.3) is 0 Å². The van der Waals surface area contributed by atoms with Gasteiger partial charge in [0.15, 0.2) is 0 Å². The number of hydrogen-bond acceptors (Lipinski definition) is 4. The van der Waals surface area contributed by atoms with Gasteiger partial charge in [-0.1, -0.05) is 11.6 Å². The van der Waals surface area contributed by atoms with Crippen LogP contribution in [0, 0.1) is 12.7 Å². The first kappa shape index (κ1) is 12.8. The molecule has 20 heavy (non-hydrogen) atoms. The molecular weight excluding hydrogens is 281 g/mol. The average Bonchev–Trinajstić information content (AvgIpc) is 2.67. The van der Waals surface area contributed by atoms with Gasteiger partial charge in [-0.25, -0.2) is 19.3 Å². The molecule has 7 heteroatoms. The quantitative estimate of drug-likeness (QED) is 0.788.